The molecule has 4 rings (SSSR count). The number of carbonyl (C=O) groups is 1. The zero-order valence-electron chi connectivity index (χ0n) is 19.2. The molecule has 2 aromatic carbocycles. The number of methoxy groups -OCH3 is 1. The molecule has 10 heteroatoms. The molecule has 3 aromatic rings. The standard InChI is InChI=1S/C24H28N2O6S2/c1-3-31-18-8-11-21-22(15-18)33-24(25-21)26(16-19-5-4-13-32-19)23(27)12-14-34(28,29)20-9-6-17(30-2)7-10-20/h6-11,15,19H,3-5,12-14,16H2,1-2H3. The number of thiazole rings is 1. The molecule has 2 heterocycles. The Morgan fingerprint density at radius 3 is 2.65 bits per heavy atom. The lowest BCUT2D eigenvalue weighted by Crippen LogP contribution is -2.38. The highest BCUT2D eigenvalue weighted by molar-refractivity contribution is 7.91. The van der Waals surface area contributed by atoms with Gasteiger partial charge in [0.15, 0.2) is 15.0 Å². The van der Waals surface area contributed by atoms with Crippen molar-refractivity contribution in [3.63, 3.8) is 0 Å². The minimum absolute atomic E-state index is 0.0897. The van der Waals surface area contributed by atoms with Crippen LogP contribution in [0.15, 0.2) is 47.4 Å². The Kier molecular flexibility index (Phi) is 7.70. The molecule has 1 atom stereocenters. The summed E-state index contributed by atoms with van der Waals surface area (Å²) in [7, 11) is -2.11. The van der Waals surface area contributed by atoms with Crippen molar-refractivity contribution in [3.8, 4) is 11.5 Å². The molecule has 1 aliphatic rings. The molecule has 34 heavy (non-hydrogen) atoms. The van der Waals surface area contributed by atoms with Crippen molar-refractivity contribution in [2.45, 2.75) is 37.2 Å². The summed E-state index contributed by atoms with van der Waals surface area (Å²) in [6.07, 6.45) is 1.55. The van der Waals surface area contributed by atoms with Gasteiger partial charge in [0, 0.05) is 13.0 Å². The van der Waals surface area contributed by atoms with E-state index in [-0.39, 0.29) is 29.1 Å². The number of benzene rings is 2. The normalized spacial score (nSPS) is 16.0. The van der Waals surface area contributed by atoms with Crippen LogP contribution in [0.1, 0.15) is 26.2 Å². The van der Waals surface area contributed by atoms with E-state index in [0.29, 0.717) is 30.6 Å². The molecule has 1 saturated heterocycles. The zero-order valence-corrected chi connectivity index (χ0v) is 20.9. The van der Waals surface area contributed by atoms with Crippen LogP contribution in [0, 0.1) is 0 Å². The van der Waals surface area contributed by atoms with E-state index >= 15 is 0 Å². The van der Waals surface area contributed by atoms with E-state index in [4.69, 9.17) is 14.2 Å². The first-order chi connectivity index (χ1) is 16.4. The van der Waals surface area contributed by atoms with Crippen molar-refractivity contribution in [1.29, 1.82) is 0 Å². The van der Waals surface area contributed by atoms with Gasteiger partial charge in [-0.3, -0.25) is 9.69 Å². The number of anilines is 1. The van der Waals surface area contributed by atoms with Gasteiger partial charge in [-0.1, -0.05) is 11.3 Å². The molecular formula is C24H28N2O6S2. The molecule has 8 nitrogen and oxygen atoms in total. The van der Waals surface area contributed by atoms with Crippen LogP contribution in [0.2, 0.25) is 0 Å². The maximum absolute atomic E-state index is 13.3. The fraction of sp³-hybridized carbons (Fsp3) is 0.417. The minimum atomic E-state index is -3.63. The topological polar surface area (TPSA) is 95.0 Å². The van der Waals surface area contributed by atoms with E-state index in [1.807, 2.05) is 25.1 Å². The number of ether oxygens (including phenoxy) is 3. The highest BCUT2D eigenvalue weighted by Crippen LogP contribution is 2.33. The van der Waals surface area contributed by atoms with Crippen molar-refractivity contribution in [2.75, 3.05) is 37.5 Å². The van der Waals surface area contributed by atoms with Gasteiger partial charge in [-0.25, -0.2) is 13.4 Å². The summed E-state index contributed by atoms with van der Waals surface area (Å²) < 4.78 is 42.9. The molecule has 1 fully saturated rings. The van der Waals surface area contributed by atoms with Crippen LogP contribution < -0.4 is 14.4 Å². The summed E-state index contributed by atoms with van der Waals surface area (Å²) in [6, 6.07) is 11.8. The Labute approximate surface area is 203 Å². The van der Waals surface area contributed by atoms with Gasteiger partial charge in [0.1, 0.15) is 11.5 Å². The number of aromatic nitrogens is 1. The van der Waals surface area contributed by atoms with Crippen molar-refractivity contribution in [1.82, 2.24) is 4.98 Å². The molecule has 0 saturated carbocycles. The second-order valence-corrected chi connectivity index (χ2v) is 11.1. The molecule has 1 amide bonds. The fourth-order valence-electron chi connectivity index (χ4n) is 3.80. The zero-order chi connectivity index (χ0) is 24.1. The van der Waals surface area contributed by atoms with Gasteiger partial charge in [-0.15, -0.1) is 0 Å². The molecule has 1 unspecified atom stereocenters. The molecule has 0 spiro atoms. The number of hydrogen-bond acceptors (Lipinski definition) is 8. The summed E-state index contributed by atoms with van der Waals surface area (Å²) in [5, 5.41) is 0.533. The second kappa shape index (κ2) is 10.7. The van der Waals surface area contributed by atoms with Gasteiger partial charge in [0.2, 0.25) is 5.91 Å². The lowest BCUT2D eigenvalue weighted by molar-refractivity contribution is -0.118. The van der Waals surface area contributed by atoms with Crippen LogP contribution in [0.25, 0.3) is 10.2 Å². The third kappa shape index (κ3) is 5.68. The lowest BCUT2D eigenvalue weighted by Gasteiger charge is -2.23. The van der Waals surface area contributed by atoms with Crippen LogP contribution >= 0.6 is 11.3 Å². The molecule has 1 aromatic heterocycles. The van der Waals surface area contributed by atoms with Crippen LogP contribution in [0.5, 0.6) is 11.5 Å². The van der Waals surface area contributed by atoms with E-state index in [0.717, 1.165) is 28.8 Å². The summed E-state index contributed by atoms with van der Waals surface area (Å²) in [5.41, 5.74) is 0.763. The number of carbonyl (C=O) groups excluding carboxylic acids is 1. The summed E-state index contributed by atoms with van der Waals surface area (Å²) in [5.74, 6) is 0.727. The Balaban J connectivity index is 1.54. The highest BCUT2D eigenvalue weighted by atomic mass is 32.2. The number of hydrogen-bond donors (Lipinski definition) is 0. The van der Waals surface area contributed by atoms with E-state index in [9.17, 15) is 13.2 Å². The average Bonchev–Trinajstić information content (AvgIpc) is 3.50. The van der Waals surface area contributed by atoms with Crippen LogP contribution in [-0.2, 0) is 19.4 Å². The number of fused-ring (bicyclic) bond motifs is 1. The Morgan fingerprint density at radius 1 is 1.21 bits per heavy atom. The van der Waals surface area contributed by atoms with E-state index in [1.165, 1.54) is 30.6 Å². The van der Waals surface area contributed by atoms with Gasteiger partial charge < -0.3 is 14.2 Å². The molecular weight excluding hydrogens is 476 g/mol. The quantitative estimate of drug-likeness (QED) is 0.411. The van der Waals surface area contributed by atoms with Crippen LogP contribution in [0.3, 0.4) is 0 Å². The monoisotopic (exact) mass is 504 g/mol. The van der Waals surface area contributed by atoms with Gasteiger partial charge in [0.05, 0.1) is 47.2 Å². The molecule has 0 aliphatic carbocycles. The molecule has 0 radical (unpaired) electrons. The summed E-state index contributed by atoms with van der Waals surface area (Å²) in [4.78, 5) is 19.7. The van der Waals surface area contributed by atoms with E-state index in [2.05, 4.69) is 4.98 Å². The minimum Gasteiger partial charge on any atom is -0.497 e. The van der Waals surface area contributed by atoms with Crippen LogP contribution in [0.4, 0.5) is 5.13 Å². The van der Waals surface area contributed by atoms with Crippen molar-refractivity contribution >= 4 is 42.4 Å². The first-order valence-electron chi connectivity index (χ1n) is 11.2. The average molecular weight is 505 g/mol. The third-order valence-corrected chi connectivity index (χ3v) is 8.38. The van der Waals surface area contributed by atoms with Gasteiger partial charge in [0.25, 0.3) is 0 Å². The van der Waals surface area contributed by atoms with Crippen molar-refractivity contribution < 1.29 is 27.4 Å². The fourth-order valence-corrected chi connectivity index (χ4v) is 6.05. The lowest BCUT2D eigenvalue weighted by atomic mass is 10.2. The van der Waals surface area contributed by atoms with Gasteiger partial charge >= 0.3 is 0 Å². The Hall–Kier alpha value is -2.69. The van der Waals surface area contributed by atoms with Crippen molar-refractivity contribution in [2.24, 2.45) is 0 Å². The predicted molar refractivity (Wildman–Crippen MR) is 132 cm³/mol. The Morgan fingerprint density at radius 2 is 1.97 bits per heavy atom. The molecule has 182 valence electrons. The van der Waals surface area contributed by atoms with Gasteiger partial charge in [-0.2, -0.15) is 0 Å². The summed E-state index contributed by atoms with van der Waals surface area (Å²) in [6.45, 7) is 3.49. The number of amides is 1. The van der Waals surface area contributed by atoms with Crippen molar-refractivity contribution in [3.05, 3.63) is 42.5 Å². The summed E-state index contributed by atoms with van der Waals surface area (Å²) >= 11 is 1.39. The van der Waals surface area contributed by atoms with Crippen LogP contribution in [-0.4, -0.2) is 58.0 Å². The predicted octanol–water partition coefficient (Wildman–Crippen LogP) is 4.08. The number of rotatable bonds is 10. The first-order valence-corrected chi connectivity index (χ1v) is 13.7. The number of sulfone groups is 1. The van der Waals surface area contributed by atoms with E-state index < -0.39 is 9.84 Å². The maximum Gasteiger partial charge on any atom is 0.229 e. The Bertz CT molecular complexity index is 1230. The molecule has 1 aliphatic heterocycles. The molecule has 0 N–H and O–H groups in total. The smallest absolute Gasteiger partial charge is 0.229 e. The highest BCUT2D eigenvalue weighted by Gasteiger charge is 2.27. The maximum atomic E-state index is 13.3. The second-order valence-electron chi connectivity index (χ2n) is 7.94. The first kappa shape index (κ1) is 24.4. The van der Waals surface area contributed by atoms with Gasteiger partial charge in [-0.05, 0) is 62.2 Å². The largest absolute Gasteiger partial charge is 0.497 e. The van der Waals surface area contributed by atoms with E-state index in [1.54, 1.807) is 17.0 Å². The SMILES string of the molecule is CCOc1ccc2nc(N(CC3CCCO3)C(=O)CCS(=O)(=O)c3ccc(OC)cc3)sc2c1. The number of nitrogens with zero attached hydrogens (tertiary/aromatic N) is 2. The molecule has 0 bridgehead atoms. The third-order valence-electron chi connectivity index (χ3n) is 5.60.